The third-order valence-electron chi connectivity index (χ3n) is 2.85. The fraction of sp³-hybridized carbons (Fsp3) is 0.0588. The highest BCUT2D eigenvalue weighted by Gasteiger charge is 2.09. The summed E-state index contributed by atoms with van der Waals surface area (Å²) in [6.45, 7) is 1.93. The van der Waals surface area contributed by atoms with Crippen molar-refractivity contribution in [1.82, 2.24) is 0 Å². The Hall–Kier alpha value is -2.77. The zero-order valence-electron chi connectivity index (χ0n) is 11.9. The molecule has 0 bridgehead atoms. The average Bonchev–Trinajstić information content (AvgIpc) is 2.48. The second-order valence-corrected chi connectivity index (χ2v) is 5.08. The quantitative estimate of drug-likeness (QED) is 0.660. The van der Waals surface area contributed by atoms with Crippen LogP contribution in [-0.4, -0.2) is 5.91 Å². The Morgan fingerprint density at radius 1 is 1.18 bits per heavy atom. The smallest absolute Gasteiger partial charge is 0.267 e. The molecule has 110 valence electrons. The molecule has 0 saturated heterocycles. The first-order chi connectivity index (χ1) is 10.6. The molecular formula is C17H14ClN3O. The SMILES string of the molecule is Cc1cccc(NC(=O)/C(C#N)=C\Nc2cccc(Cl)c2)c1. The lowest BCUT2D eigenvalue weighted by Gasteiger charge is -2.06. The lowest BCUT2D eigenvalue weighted by atomic mass is 10.2. The summed E-state index contributed by atoms with van der Waals surface area (Å²) in [6.07, 6.45) is 1.36. The molecule has 0 spiro atoms. The standard InChI is InChI=1S/C17H14ClN3O/c1-12-4-2-7-16(8-12)21-17(22)13(10-19)11-20-15-6-3-5-14(18)9-15/h2-9,11,20H,1H3,(H,21,22)/b13-11-. The number of hydrogen-bond donors (Lipinski definition) is 2. The highest BCUT2D eigenvalue weighted by atomic mass is 35.5. The van der Waals surface area contributed by atoms with E-state index < -0.39 is 5.91 Å². The molecule has 0 fully saturated rings. The molecule has 4 nitrogen and oxygen atoms in total. The molecule has 0 aliphatic carbocycles. The Kier molecular flexibility index (Phi) is 5.18. The Morgan fingerprint density at radius 3 is 2.59 bits per heavy atom. The zero-order chi connectivity index (χ0) is 15.9. The largest absolute Gasteiger partial charge is 0.360 e. The van der Waals surface area contributed by atoms with Crippen molar-refractivity contribution < 1.29 is 4.79 Å². The number of anilines is 2. The van der Waals surface area contributed by atoms with Crippen LogP contribution in [0.1, 0.15) is 5.56 Å². The Balaban J connectivity index is 2.09. The minimum Gasteiger partial charge on any atom is -0.360 e. The first kappa shape index (κ1) is 15.6. The van der Waals surface area contributed by atoms with Gasteiger partial charge < -0.3 is 10.6 Å². The molecule has 22 heavy (non-hydrogen) atoms. The fourth-order valence-electron chi connectivity index (χ4n) is 1.80. The maximum Gasteiger partial charge on any atom is 0.267 e. The molecule has 0 radical (unpaired) electrons. The van der Waals surface area contributed by atoms with E-state index in [0.29, 0.717) is 16.4 Å². The molecular weight excluding hydrogens is 298 g/mol. The van der Waals surface area contributed by atoms with E-state index >= 15 is 0 Å². The van der Waals surface area contributed by atoms with Gasteiger partial charge in [0.15, 0.2) is 0 Å². The maximum atomic E-state index is 12.1. The van der Waals surface area contributed by atoms with Crippen molar-refractivity contribution >= 4 is 28.9 Å². The molecule has 0 unspecified atom stereocenters. The number of nitrogens with zero attached hydrogens (tertiary/aromatic N) is 1. The van der Waals surface area contributed by atoms with Gasteiger partial charge in [0.1, 0.15) is 11.6 Å². The van der Waals surface area contributed by atoms with Crippen molar-refractivity contribution in [2.45, 2.75) is 6.92 Å². The molecule has 5 heteroatoms. The van der Waals surface area contributed by atoms with Crippen LogP contribution < -0.4 is 10.6 Å². The van der Waals surface area contributed by atoms with Crippen molar-refractivity contribution in [1.29, 1.82) is 5.26 Å². The first-order valence-electron chi connectivity index (χ1n) is 6.59. The van der Waals surface area contributed by atoms with Gasteiger partial charge in [-0.1, -0.05) is 29.8 Å². The molecule has 0 aromatic heterocycles. The Bertz CT molecular complexity index is 762. The van der Waals surface area contributed by atoms with Gasteiger partial charge in [-0.05, 0) is 42.8 Å². The summed E-state index contributed by atoms with van der Waals surface area (Å²) in [7, 11) is 0. The zero-order valence-corrected chi connectivity index (χ0v) is 12.7. The molecule has 0 atom stereocenters. The molecule has 0 aliphatic heterocycles. The first-order valence-corrected chi connectivity index (χ1v) is 6.96. The van der Waals surface area contributed by atoms with E-state index in [1.54, 1.807) is 30.3 Å². The van der Waals surface area contributed by atoms with E-state index in [-0.39, 0.29) is 5.57 Å². The monoisotopic (exact) mass is 311 g/mol. The summed E-state index contributed by atoms with van der Waals surface area (Å²) in [5.74, 6) is -0.470. The van der Waals surface area contributed by atoms with Crippen LogP contribution in [-0.2, 0) is 4.79 Å². The van der Waals surface area contributed by atoms with E-state index in [0.717, 1.165) is 5.56 Å². The molecule has 2 aromatic rings. The normalized spacial score (nSPS) is 10.7. The third kappa shape index (κ3) is 4.37. The van der Waals surface area contributed by atoms with Crippen LogP contribution in [0.3, 0.4) is 0 Å². The lowest BCUT2D eigenvalue weighted by Crippen LogP contribution is -2.14. The van der Waals surface area contributed by atoms with Gasteiger partial charge in [-0.25, -0.2) is 0 Å². The molecule has 2 rings (SSSR count). The highest BCUT2D eigenvalue weighted by molar-refractivity contribution is 6.30. The minimum absolute atomic E-state index is 0.0264. The maximum absolute atomic E-state index is 12.1. The predicted octanol–water partition coefficient (Wildman–Crippen LogP) is 4.11. The van der Waals surface area contributed by atoms with Gasteiger partial charge in [0.2, 0.25) is 0 Å². The number of carbonyl (C=O) groups is 1. The number of hydrogen-bond acceptors (Lipinski definition) is 3. The number of nitrogens with one attached hydrogen (secondary N) is 2. The summed E-state index contributed by atoms with van der Waals surface area (Å²) in [5, 5.41) is 15.3. The number of amides is 1. The van der Waals surface area contributed by atoms with Crippen LogP contribution in [0, 0.1) is 18.3 Å². The van der Waals surface area contributed by atoms with Gasteiger partial charge in [0, 0.05) is 22.6 Å². The average molecular weight is 312 g/mol. The van der Waals surface area contributed by atoms with Crippen LogP contribution in [0.15, 0.2) is 60.3 Å². The van der Waals surface area contributed by atoms with E-state index in [1.165, 1.54) is 6.20 Å². The van der Waals surface area contributed by atoms with Crippen LogP contribution in [0.4, 0.5) is 11.4 Å². The topological polar surface area (TPSA) is 64.9 Å². The fourth-order valence-corrected chi connectivity index (χ4v) is 1.99. The highest BCUT2D eigenvalue weighted by Crippen LogP contribution is 2.15. The van der Waals surface area contributed by atoms with E-state index in [2.05, 4.69) is 10.6 Å². The number of benzene rings is 2. The third-order valence-corrected chi connectivity index (χ3v) is 3.08. The van der Waals surface area contributed by atoms with Gasteiger partial charge in [0.25, 0.3) is 5.91 Å². The minimum atomic E-state index is -0.470. The molecule has 2 N–H and O–H groups in total. The lowest BCUT2D eigenvalue weighted by molar-refractivity contribution is -0.112. The molecule has 1 amide bonds. The summed E-state index contributed by atoms with van der Waals surface area (Å²) in [4.78, 5) is 12.1. The Labute approximate surface area is 134 Å². The molecule has 0 aliphatic rings. The number of nitriles is 1. The van der Waals surface area contributed by atoms with Crippen LogP contribution in [0.5, 0.6) is 0 Å². The number of halogens is 1. The second kappa shape index (κ2) is 7.30. The van der Waals surface area contributed by atoms with E-state index in [4.69, 9.17) is 16.9 Å². The molecule has 2 aromatic carbocycles. The summed E-state index contributed by atoms with van der Waals surface area (Å²) < 4.78 is 0. The molecule has 0 saturated carbocycles. The van der Waals surface area contributed by atoms with Crippen molar-refractivity contribution in [3.63, 3.8) is 0 Å². The second-order valence-electron chi connectivity index (χ2n) is 4.65. The number of rotatable bonds is 4. The number of aryl methyl sites for hydroxylation is 1. The van der Waals surface area contributed by atoms with Crippen LogP contribution in [0.2, 0.25) is 5.02 Å². The van der Waals surface area contributed by atoms with Crippen molar-refractivity contribution in [2.24, 2.45) is 0 Å². The summed E-state index contributed by atoms with van der Waals surface area (Å²) in [6, 6.07) is 16.2. The Morgan fingerprint density at radius 2 is 1.91 bits per heavy atom. The van der Waals surface area contributed by atoms with Crippen LogP contribution >= 0.6 is 11.6 Å². The van der Waals surface area contributed by atoms with Crippen molar-refractivity contribution in [2.75, 3.05) is 10.6 Å². The predicted molar refractivity (Wildman–Crippen MR) is 88.6 cm³/mol. The van der Waals surface area contributed by atoms with Gasteiger partial charge in [-0.15, -0.1) is 0 Å². The van der Waals surface area contributed by atoms with Gasteiger partial charge in [-0.3, -0.25) is 4.79 Å². The van der Waals surface area contributed by atoms with Gasteiger partial charge in [0.05, 0.1) is 0 Å². The van der Waals surface area contributed by atoms with Crippen molar-refractivity contribution in [3.05, 3.63) is 70.9 Å². The van der Waals surface area contributed by atoms with Gasteiger partial charge >= 0.3 is 0 Å². The van der Waals surface area contributed by atoms with E-state index in [9.17, 15) is 4.79 Å². The van der Waals surface area contributed by atoms with E-state index in [1.807, 2.05) is 31.2 Å². The number of carbonyl (C=O) groups excluding carboxylic acids is 1. The van der Waals surface area contributed by atoms with Gasteiger partial charge in [-0.2, -0.15) is 5.26 Å². The summed E-state index contributed by atoms with van der Waals surface area (Å²) in [5.41, 5.74) is 2.34. The molecule has 0 heterocycles. The van der Waals surface area contributed by atoms with Crippen molar-refractivity contribution in [3.8, 4) is 6.07 Å². The summed E-state index contributed by atoms with van der Waals surface area (Å²) >= 11 is 5.87. The van der Waals surface area contributed by atoms with Crippen LogP contribution in [0.25, 0.3) is 0 Å².